The molecule has 0 unspecified atom stereocenters. The van der Waals surface area contributed by atoms with Gasteiger partial charge in [-0.25, -0.2) is 0 Å². The Bertz CT molecular complexity index is 972. The van der Waals surface area contributed by atoms with E-state index in [0.29, 0.717) is 40.5 Å². The number of benzene rings is 1. The van der Waals surface area contributed by atoms with E-state index in [1.165, 1.54) is 11.3 Å². The van der Waals surface area contributed by atoms with Gasteiger partial charge in [-0.05, 0) is 49.9 Å². The van der Waals surface area contributed by atoms with Crippen molar-refractivity contribution in [2.45, 2.75) is 46.0 Å². The predicted octanol–water partition coefficient (Wildman–Crippen LogP) is 5.35. The van der Waals surface area contributed by atoms with Gasteiger partial charge in [-0.2, -0.15) is 0 Å². The van der Waals surface area contributed by atoms with Crippen LogP contribution in [-0.2, 0) is 16.0 Å². The lowest BCUT2D eigenvalue weighted by Gasteiger charge is -2.27. The highest BCUT2D eigenvalue weighted by Crippen LogP contribution is 2.36. The van der Waals surface area contributed by atoms with Crippen molar-refractivity contribution in [2.75, 3.05) is 10.6 Å². The minimum atomic E-state index is -0.939. The lowest BCUT2D eigenvalue weighted by atomic mass is 9.79. The highest BCUT2D eigenvalue weighted by molar-refractivity contribution is 7.16. The van der Waals surface area contributed by atoms with Crippen LogP contribution in [0.4, 0.5) is 10.7 Å². The van der Waals surface area contributed by atoms with Crippen molar-refractivity contribution in [2.24, 2.45) is 11.8 Å². The molecule has 1 aliphatic rings. The lowest BCUT2D eigenvalue weighted by molar-refractivity contribution is -0.147. The van der Waals surface area contributed by atoms with Crippen LogP contribution in [0.3, 0.4) is 0 Å². The Balaban J connectivity index is 1.87. The Labute approximate surface area is 184 Å². The lowest BCUT2D eigenvalue weighted by Crippen LogP contribution is -2.36. The molecule has 3 rings (SSSR count). The molecule has 2 aromatic rings. The second-order valence-corrected chi connectivity index (χ2v) is 9.15. The van der Waals surface area contributed by atoms with Crippen LogP contribution in [0, 0.1) is 18.8 Å². The number of nitrogens with one attached hydrogen (secondary N) is 2. The van der Waals surface area contributed by atoms with Crippen molar-refractivity contribution >= 4 is 51.4 Å². The number of carbonyl (C=O) groups excluding carboxylic acids is 2. The molecule has 1 aromatic carbocycles. The first-order chi connectivity index (χ1) is 14.3. The SMILES string of the molecule is CCc1c(C)sc(NC(=O)[C@@H]2CCCC[C@H]2C(=O)O)c1C(=O)Nc1cccc(Cl)c1. The average Bonchev–Trinajstić information content (AvgIpc) is 3.02. The largest absolute Gasteiger partial charge is 0.481 e. The van der Waals surface area contributed by atoms with Gasteiger partial charge in [-0.1, -0.05) is 37.4 Å². The van der Waals surface area contributed by atoms with Crippen molar-refractivity contribution in [3.8, 4) is 0 Å². The molecule has 2 atom stereocenters. The fourth-order valence-electron chi connectivity index (χ4n) is 4.04. The molecular weight excluding hydrogens is 424 g/mol. The van der Waals surface area contributed by atoms with Crippen LogP contribution in [0.2, 0.25) is 5.02 Å². The average molecular weight is 449 g/mol. The van der Waals surface area contributed by atoms with Gasteiger partial charge in [0, 0.05) is 15.6 Å². The Morgan fingerprint density at radius 2 is 1.87 bits per heavy atom. The maximum atomic E-state index is 13.1. The fraction of sp³-hybridized carbons (Fsp3) is 0.409. The summed E-state index contributed by atoms with van der Waals surface area (Å²) in [6.45, 7) is 3.87. The summed E-state index contributed by atoms with van der Waals surface area (Å²) in [5.74, 6) is -2.87. The van der Waals surface area contributed by atoms with Crippen molar-refractivity contribution in [1.29, 1.82) is 0 Å². The summed E-state index contributed by atoms with van der Waals surface area (Å²) >= 11 is 7.35. The summed E-state index contributed by atoms with van der Waals surface area (Å²) in [5, 5.41) is 16.2. The second-order valence-electron chi connectivity index (χ2n) is 7.48. The highest BCUT2D eigenvalue weighted by atomic mass is 35.5. The molecule has 0 radical (unpaired) electrons. The quantitative estimate of drug-likeness (QED) is 0.554. The van der Waals surface area contributed by atoms with Gasteiger partial charge in [-0.15, -0.1) is 11.3 Å². The number of thiophene rings is 1. The van der Waals surface area contributed by atoms with Crippen molar-refractivity contribution in [1.82, 2.24) is 0 Å². The normalized spacial score (nSPS) is 18.6. The number of halogens is 1. The standard InChI is InChI=1S/C22H25ClN2O4S/c1-3-15-12(2)30-21(18(15)20(27)24-14-8-6-7-13(23)11-14)25-19(26)16-9-4-5-10-17(16)22(28)29/h6-8,11,16-17H,3-5,9-10H2,1-2H3,(H,24,27)(H,25,26)(H,28,29)/t16-,17-/m1/s1. The summed E-state index contributed by atoms with van der Waals surface area (Å²) in [6.07, 6.45) is 3.31. The van der Waals surface area contributed by atoms with Crippen LogP contribution >= 0.6 is 22.9 Å². The van der Waals surface area contributed by atoms with Crippen molar-refractivity contribution in [3.63, 3.8) is 0 Å². The smallest absolute Gasteiger partial charge is 0.307 e. The van der Waals surface area contributed by atoms with E-state index in [1.807, 2.05) is 13.8 Å². The van der Waals surface area contributed by atoms with E-state index in [1.54, 1.807) is 24.3 Å². The molecule has 3 N–H and O–H groups in total. The third-order valence-electron chi connectivity index (χ3n) is 5.53. The number of carboxylic acid groups (broad SMARTS) is 1. The van der Waals surface area contributed by atoms with E-state index in [0.717, 1.165) is 23.3 Å². The zero-order valence-electron chi connectivity index (χ0n) is 17.0. The zero-order valence-corrected chi connectivity index (χ0v) is 18.5. The molecule has 0 bridgehead atoms. The van der Waals surface area contributed by atoms with E-state index >= 15 is 0 Å². The Morgan fingerprint density at radius 3 is 2.50 bits per heavy atom. The van der Waals surface area contributed by atoms with Crippen molar-refractivity contribution in [3.05, 3.63) is 45.3 Å². The third-order valence-corrected chi connectivity index (χ3v) is 6.83. The summed E-state index contributed by atoms with van der Waals surface area (Å²) in [7, 11) is 0. The number of carboxylic acids is 1. The van der Waals surface area contributed by atoms with E-state index in [4.69, 9.17) is 11.6 Å². The second kappa shape index (κ2) is 9.62. The van der Waals surface area contributed by atoms with Gasteiger partial charge in [0.2, 0.25) is 5.91 Å². The topological polar surface area (TPSA) is 95.5 Å². The Kier molecular flexibility index (Phi) is 7.15. The molecule has 2 amide bonds. The van der Waals surface area contributed by atoms with Gasteiger partial charge in [0.05, 0.1) is 17.4 Å². The Hall–Kier alpha value is -2.38. The molecular formula is C22H25ClN2O4S. The fourth-order valence-corrected chi connectivity index (χ4v) is 5.37. The maximum absolute atomic E-state index is 13.1. The molecule has 0 spiro atoms. The molecule has 1 saturated carbocycles. The molecule has 0 aliphatic heterocycles. The number of hydrogen-bond acceptors (Lipinski definition) is 4. The van der Waals surface area contributed by atoms with Crippen LogP contribution in [0.5, 0.6) is 0 Å². The summed E-state index contributed by atoms with van der Waals surface area (Å²) in [5.41, 5.74) is 1.86. The van der Waals surface area contributed by atoms with E-state index in [2.05, 4.69) is 10.6 Å². The minimum absolute atomic E-state index is 0.327. The number of hydrogen-bond donors (Lipinski definition) is 3. The number of anilines is 2. The number of aryl methyl sites for hydroxylation is 1. The summed E-state index contributed by atoms with van der Waals surface area (Å²) in [4.78, 5) is 38.6. The molecule has 1 fully saturated rings. The zero-order chi connectivity index (χ0) is 21.8. The van der Waals surface area contributed by atoms with Gasteiger partial charge in [0.15, 0.2) is 0 Å². The molecule has 6 nitrogen and oxygen atoms in total. The van der Waals surface area contributed by atoms with Crippen LogP contribution in [-0.4, -0.2) is 22.9 Å². The summed E-state index contributed by atoms with van der Waals surface area (Å²) in [6, 6.07) is 6.86. The Morgan fingerprint density at radius 1 is 1.17 bits per heavy atom. The maximum Gasteiger partial charge on any atom is 0.307 e. The molecule has 1 heterocycles. The summed E-state index contributed by atoms with van der Waals surface area (Å²) < 4.78 is 0. The predicted molar refractivity (Wildman–Crippen MR) is 120 cm³/mol. The van der Waals surface area contributed by atoms with Crippen LogP contribution in [0.15, 0.2) is 24.3 Å². The van der Waals surface area contributed by atoms with Gasteiger partial charge < -0.3 is 15.7 Å². The number of carbonyl (C=O) groups is 3. The third kappa shape index (κ3) is 4.84. The molecule has 0 saturated heterocycles. The van der Waals surface area contributed by atoms with Gasteiger partial charge in [0.1, 0.15) is 5.00 Å². The van der Waals surface area contributed by atoms with Crippen LogP contribution in [0.1, 0.15) is 53.4 Å². The molecule has 160 valence electrons. The van der Waals surface area contributed by atoms with Crippen LogP contribution < -0.4 is 10.6 Å². The molecule has 1 aliphatic carbocycles. The van der Waals surface area contributed by atoms with E-state index in [9.17, 15) is 19.5 Å². The minimum Gasteiger partial charge on any atom is -0.481 e. The van der Waals surface area contributed by atoms with Crippen molar-refractivity contribution < 1.29 is 19.5 Å². The van der Waals surface area contributed by atoms with E-state index in [-0.39, 0.29) is 11.8 Å². The first-order valence-corrected chi connectivity index (χ1v) is 11.2. The first kappa shape index (κ1) is 22.3. The first-order valence-electron chi connectivity index (χ1n) is 10.0. The molecule has 8 heteroatoms. The molecule has 1 aromatic heterocycles. The van der Waals surface area contributed by atoms with Crippen LogP contribution in [0.25, 0.3) is 0 Å². The highest BCUT2D eigenvalue weighted by Gasteiger charge is 2.36. The van der Waals surface area contributed by atoms with E-state index < -0.39 is 17.8 Å². The monoisotopic (exact) mass is 448 g/mol. The number of aliphatic carboxylic acids is 1. The van der Waals surface area contributed by atoms with Gasteiger partial charge in [-0.3, -0.25) is 14.4 Å². The molecule has 30 heavy (non-hydrogen) atoms. The number of rotatable bonds is 6. The van der Waals surface area contributed by atoms with Gasteiger partial charge in [0.25, 0.3) is 5.91 Å². The van der Waals surface area contributed by atoms with Gasteiger partial charge >= 0.3 is 5.97 Å². The number of amides is 2.